The number of hydrogen-bond acceptors (Lipinski definition) is 6. The summed E-state index contributed by atoms with van der Waals surface area (Å²) in [6.07, 6.45) is 10.0. The number of fused-ring (bicyclic) bond motifs is 1. The smallest absolute Gasteiger partial charge is 0.246 e. The normalized spacial score (nSPS) is 15.5. The number of nitrogens with two attached hydrogens (primary N) is 1. The van der Waals surface area contributed by atoms with Crippen molar-refractivity contribution in [3.05, 3.63) is 73.1 Å². The molecule has 5 rings (SSSR count). The first kappa shape index (κ1) is 22.2. The summed E-state index contributed by atoms with van der Waals surface area (Å²) in [6, 6.07) is 14.9. The van der Waals surface area contributed by atoms with E-state index in [1.165, 1.54) is 12.4 Å². The van der Waals surface area contributed by atoms with E-state index in [4.69, 9.17) is 22.0 Å². The highest BCUT2D eigenvalue weighted by Gasteiger charge is 2.28. The minimum Gasteiger partial charge on any atom is -0.457 e. The molecule has 1 amide bonds. The quantitative estimate of drug-likeness (QED) is 0.351. The van der Waals surface area contributed by atoms with E-state index in [2.05, 4.69) is 22.5 Å². The van der Waals surface area contributed by atoms with E-state index >= 15 is 0 Å². The van der Waals surface area contributed by atoms with Crippen LogP contribution in [0.5, 0.6) is 11.5 Å². The molecule has 0 aliphatic carbocycles. The summed E-state index contributed by atoms with van der Waals surface area (Å²) >= 11 is 0. The van der Waals surface area contributed by atoms with Crippen LogP contribution in [0.4, 0.5) is 5.82 Å². The zero-order chi connectivity index (χ0) is 24.4. The zero-order valence-electron chi connectivity index (χ0n) is 19.1. The van der Waals surface area contributed by atoms with Gasteiger partial charge >= 0.3 is 0 Å². The van der Waals surface area contributed by atoms with Crippen LogP contribution >= 0.6 is 0 Å². The van der Waals surface area contributed by atoms with Crippen molar-refractivity contribution in [1.29, 1.82) is 0 Å². The van der Waals surface area contributed by atoms with Gasteiger partial charge in [0.15, 0.2) is 5.65 Å². The second-order valence-corrected chi connectivity index (χ2v) is 8.33. The minimum atomic E-state index is -0.0797. The van der Waals surface area contributed by atoms with Crippen molar-refractivity contribution in [2.24, 2.45) is 0 Å². The third kappa shape index (κ3) is 4.32. The van der Waals surface area contributed by atoms with Gasteiger partial charge in [0.2, 0.25) is 5.91 Å². The highest BCUT2D eigenvalue weighted by molar-refractivity contribution is 5.98. The number of amides is 1. The van der Waals surface area contributed by atoms with Crippen molar-refractivity contribution < 1.29 is 9.53 Å². The lowest BCUT2D eigenvalue weighted by Crippen LogP contribution is -2.40. The molecule has 2 aromatic heterocycles. The van der Waals surface area contributed by atoms with Gasteiger partial charge in [-0.3, -0.25) is 4.79 Å². The maximum absolute atomic E-state index is 12.2. The maximum atomic E-state index is 12.2. The molecule has 1 aliphatic heterocycles. The Kier molecular flexibility index (Phi) is 5.90. The summed E-state index contributed by atoms with van der Waals surface area (Å²) in [5.74, 6) is 4.22. The molecule has 4 aromatic rings. The van der Waals surface area contributed by atoms with Gasteiger partial charge in [0.25, 0.3) is 0 Å². The van der Waals surface area contributed by atoms with E-state index < -0.39 is 0 Å². The van der Waals surface area contributed by atoms with Gasteiger partial charge < -0.3 is 15.4 Å². The Morgan fingerprint density at radius 3 is 2.80 bits per heavy atom. The molecule has 2 N–H and O–H groups in total. The van der Waals surface area contributed by atoms with E-state index in [1.54, 1.807) is 4.90 Å². The highest BCUT2D eigenvalue weighted by atomic mass is 16.5. The molecule has 1 atom stereocenters. The van der Waals surface area contributed by atoms with Crippen molar-refractivity contribution in [3.63, 3.8) is 0 Å². The molecule has 0 saturated carbocycles. The molecule has 0 unspecified atom stereocenters. The van der Waals surface area contributed by atoms with Gasteiger partial charge in [-0.1, -0.05) is 18.6 Å². The van der Waals surface area contributed by atoms with Crippen molar-refractivity contribution in [2.45, 2.75) is 18.9 Å². The lowest BCUT2D eigenvalue weighted by atomic mass is 10.1. The van der Waals surface area contributed by atoms with Gasteiger partial charge in [-0.15, -0.1) is 6.42 Å². The predicted octanol–water partition coefficient (Wildman–Crippen LogP) is 4.20. The maximum Gasteiger partial charge on any atom is 0.246 e. The van der Waals surface area contributed by atoms with Gasteiger partial charge in [-0.25, -0.2) is 14.6 Å². The number of ether oxygens (including phenoxy) is 1. The summed E-state index contributed by atoms with van der Waals surface area (Å²) in [5, 5.41) is 5.60. The van der Waals surface area contributed by atoms with Crippen molar-refractivity contribution >= 4 is 22.8 Å². The van der Waals surface area contributed by atoms with Crippen molar-refractivity contribution in [3.8, 4) is 35.1 Å². The Hall–Kier alpha value is -4.64. The van der Waals surface area contributed by atoms with Crippen LogP contribution in [0.2, 0.25) is 0 Å². The summed E-state index contributed by atoms with van der Waals surface area (Å²) in [7, 11) is 0. The molecule has 0 spiro atoms. The Morgan fingerprint density at radius 1 is 1.20 bits per heavy atom. The first-order valence-electron chi connectivity index (χ1n) is 11.3. The van der Waals surface area contributed by atoms with Crippen LogP contribution in [-0.4, -0.2) is 43.6 Å². The first-order chi connectivity index (χ1) is 17.1. The molecule has 8 heteroatoms. The molecule has 0 radical (unpaired) electrons. The number of nitrogen functional groups attached to an aromatic ring is 1. The van der Waals surface area contributed by atoms with E-state index in [0.29, 0.717) is 47.1 Å². The second kappa shape index (κ2) is 9.31. The van der Waals surface area contributed by atoms with E-state index in [-0.39, 0.29) is 11.9 Å². The van der Waals surface area contributed by atoms with Gasteiger partial charge in [-0.2, -0.15) is 5.10 Å². The van der Waals surface area contributed by atoms with Crippen molar-refractivity contribution in [2.75, 3.05) is 18.8 Å². The third-order valence-electron chi connectivity index (χ3n) is 6.11. The van der Waals surface area contributed by atoms with Gasteiger partial charge in [-0.05, 0) is 61.4 Å². The molecule has 35 heavy (non-hydrogen) atoms. The minimum absolute atomic E-state index is 0.0239. The number of likely N-dealkylation sites (tertiary alicyclic amines) is 1. The number of nitrogens with zero attached hydrogens (tertiary/aromatic N) is 5. The molecule has 174 valence electrons. The summed E-state index contributed by atoms with van der Waals surface area (Å²) in [4.78, 5) is 22.7. The molecule has 8 nitrogen and oxygen atoms in total. The zero-order valence-corrected chi connectivity index (χ0v) is 19.1. The molecular formula is C27H24N6O2. The number of anilines is 1. The first-order valence-corrected chi connectivity index (χ1v) is 11.3. The molecule has 0 bridgehead atoms. The Labute approximate surface area is 203 Å². The SMILES string of the molecule is C#Cc1cccc(Oc2ccc(-c3nn([C@@H]4CCCN(C(=O)C=C)C4)c4ncnc(N)c34)cc2)c1. The van der Waals surface area contributed by atoms with Crippen LogP contribution in [0.15, 0.2) is 67.5 Å². The number of benzene rings is 2. The topological polar surface area (TPSA) is 99.2 Å². The lowest BCUT2D eigenvalue weighted by molar-refractivity contribution is -0.127. The molecule has 1 aliphatic rings. The average Bonchev–Trinajstić information content (AvgIpc) is 3.30. The van der Waals surface area contributed by atoms with Gasteiger partial charge in [0, 0.05) is 24.2 Å². The summed E-state index contributed by atoms with van der Waals surface area (Å²) < 4.78 is 7.83. The number of piperidine rings is 1. The highest BCUT2D eigenvalue weighted by Crippen LogP contribution is 2.35. The molecule has 1 fully saturated rings. The number of aromatic nitrogens is 4. The molecule has 1 saturated heterocycles. The molecular weight excluding hydrogens is 440 g/mol. The number of hydrogen-bond donors (Lipinski definition) is 1. The predicted molar refractivity (Wildman–Crippen MR) is 135 cm³/mol. The van der Waals surface area contributed by atoms with E-state index in [9.17, 15) is 4.79 Å². The van der Waals surface area contributed by atoms with Crippen molar-refractivity contribution in [1.82, 2.24) is 24.6 Å². The Morgan fingerprint density at radius 2 is 2.03 bits per heavy atom. The van der Waals surface area contributed by atoms with Crippen LogP contribution < -0.4 is 10.5 Å². The van der Waals surface area contributed by atoms with Crippen LogP contribution in [-0.2, 0) is 4.79 Å². The molecule has 2 aromatic carbocycles. The fourth-order valence-corrected chi connectivity index (χ4v) is 4.40. The van der Waals surface area contributed by atoms with Crippen LogP contribution in [0.3, 0.4) is 0 Å². The fraction of sp³-hybridized carbons (Fsp3) is 0.185. The van der Waals surface area contributed by atoms with Crippen LogP contribution in [0, 0.1) is 12.3 Å². The van der Waals surface area contributed by atoms with E-state index in [1.807, 2.05) is 53.2 Å². The van der Waals surface area contributed by atoms with Gasteiger partial charge in [0.05, 0.1) is 11.4 Å². The summed E-state index contributed by atoms with van der Waals surface area (Å²) in [6.45, 7) is 4.85. The van der Waals surface area contributed by atoms with E-state index in [0.717, 1.165) is 24.0 Å². The van der Waals surface area contributed by atoms with Crippen LogP contribution in [0.25, 0.3) is 22.3 Å². The average molecular weight is 465 g/mol. The number of carbonyl (C=O) groups excluding carboxylic acids is 1. The monoisotopic (exact) mass is 464 g/mol. The lowest BCUT2D eigenvalue weighted by Gasteiger charge is -2.32. The Bertz CT molecular complexity index is 1450. The second-order valence-electron chi connectivity index (χ2n) is 8.33. The number of terminal acetylenes is 1. The number of rotatable bonds is 5. The number of carbonyl (C=O) groups is 1. The van der Waals surface area contributed by atoms with Crippen LogP contribution in [0.1, 0.15) is 24.4 Å². The standard InChI is InChI=1S/C27H24N6O2/c1-3-18-7-5-9-22(15-18)35-21-12-10-19(11-13-21)25-24-26(28)29-17-30-27(24)33(31-25)20-8-6-14-32(16-20)23(34)4-2/h1,4-5,7,9-13,15,17,20H,2,6,8,14,16H2,(H2,28,29,30)/t20-/m1/s1. The van der Waals surface area contributed by atoms with Gasteiger partial charge in [0.1, 0.15) is 29.3 Å². The summed E-state index contributed by atoms with van der Waals surface area (Å²) in [5.41, 5.74) is 9.22. The molecule has 3 heterocycles. The fourth-order valence-electron chi connectivity index (χ4n) is 4.40. The Balaban J connectivity index is 1.48. The third-order valence-corrected chi connectivity index (χ3v) is 6.11. The largest absolute Gasteiger partial charge is 0.457 e.